The maximum Gasteiger partial charge on any atom is 0.159 e. The van der Waals surface area contributed by atoms with Crippen LogP contribution in [0, 0.1) is 0 Å². The van der Waals surface area contributed by atoms with E-state index in [1.165, 1.54) is 0 Å². The molecule has 2 aromatic carbocycles. The van der Waals surface area contributed by atoms with Crippen LogP contribution in [0.15, 0.2) is 30.3 Å². The summed E-state index contributed by atoms with van der Waals surface area (Å²) in [6, 6.07) is 9.59. The second kappa shape index (κ2) is 7.11. The minimum atomic E-state index is 0.0628. The molecule has 0 aliphatic rings. The summed E-state index contributed by atoms with van der Waals surface area (Å²) in [6.45, 7) is 7.07. The Labute approximate surface area is 125 Å². The van der Waals surface area contributed by atoms with Gasteiger partial charge in [0.25, 0.3) is 0 Å². The fourth-order valence-electron chi connectivity index (χ4n) is 2.16. The first-order chi connectivity index (χ1) is 10.2. The number of carbonyl (C=O) groups excluding carboxylic acids is 1. The maximum atomic E-state index is 11.5. The molecule has 0 saturated heterocycles. The highest BCUT2D eigenvalue weighted by Gasteiger charge is 2.09. The molecule has 0 saturated carbocycles. The van der Waals surface area contributed by atoms with Crippen molar-refractivity contribution in [3.05, 3.63) is 35.9 Å². The standard InChI is InChI=1S/C18H22O3/c1-4-8-20-16-11-15-10-14(13(3)19)6-7-17(15)18(12-16)21-9-5-2/h6-7,10-12H,4-5,8-9H2,1-3H3. The van der Waals surface area contributed by atoms with Crippen molar-refractivity contribution in [3.63, 3.8) is 0 Å². The van der Waals surface area contributed by atoms with Crippen molar-refractivity contribution >= 4 is 16.6 Å². The topological polar surface area (TPSA) is 35.5 Å². The van der Waals surface area contributed by atoms with E-state index in [4.69, 9.17) is 9.47 Å². The predicted molar refractivity (Wildman–Crippen MR) is 85.5 cm³/mol. The molecule has 0 unspecified atom stereocenters. The van der Waals surface area contributed by atoms with Gasteiger partial charge < -0.3 is 9.47 Å². The van der Waals surface area contributed by atoms with Gasteiger partial charge in [-0.25, -0.2) is 0 Å². The second-order valence-corrected chi connectivity index (χ2v) is 5.11. The van der Waals surface area contributed by atoms with Gasteiger partial charge in [0.15, 0.2) is 5.78 Å². The molecule has 2 aromatic rings. The van der Waals surface area contributed by atoms with Crippen LogP contribution in [0.2, 0.25) is 0 Å². The van der Waals surface area contributed by atoms with Crippen LogP contribution in [-0.4, -0.2) is 19.0 Å². The summed E-state index contributed by atoms with van der Waals surface area (Å²) in [4.78, 5) is 11.5. The molecule has 0 bridgehead atoms. The summed E-state index contributed by atoms with van der Waals surface area (Å²) in [5.74, 6) is 1.67. The number of carbonyl (C=O) groups is 1. The van der Waals surface area contributed by atoms with Crippen molar-refractivity contribution in [2.24, 2.45) is 0 Å². The van der Waals surface area contributed by atoms with Crippen LogP contribution < -0.4 is 9.47 Å². The van der Waals surface area contributed by atoms with Gasteiger partial charge in [0.2, 0.25) is 0 Å². The molecule has 3 nitrogen and oxygen atoms in total. The third kappa shape index (κ3) is 3.75. The Balaban J connectivity index is 2.48. The average molecular weight is 286 g/mol. The summed E-state index contributed by atoms with van der Waals surface area (Å²) in [7, 11) is 0. The van der Waals surface area contributed by atoms with Crippen molar-refractivity contribution in [3.8, 4) is 11.5 Å². The summed E-state index contributed by atoms with van der Waals surface area (Å²) in [6.07, 6.45) is 1.91. The number of Topliss-reactive ketones (excluding diaryl/α,β-unsaturated/α-hetero) is 1. The molecule has 0 spiro atoms. The Morgan fingerprint density at radius 1 is 1.00 bits per heavy atom. The van der Waals surface area contributed by atoms with Gasteiger partial charge in [-0.05, 0) is 43.4 Å². The monoisotopic (exact) mass is 286 g/mol. The van der Waals surface area contributed by atoms with Gasteiger partial charge in [0.1, 0.15) is 11.5 Å². The lowest BCUT2D eigenvalue weighted by atomic mass is 10.0. The maximum absolute atomic E-state index is 11.5. The Hall–Kier alpha value is -2.03. The van der Waals surface area contributed by atoms with Crippen molar-refractivity contribution in [2.45, 2.75) is 33.6 Å². The summed E-state index contributed by atoms with van der Waals surface area (Å²) < 4.78 is 11.5. The number of rotatable bonds is 7. The van der Waals surface area contributed by atoms with Gasteiger partial charge in [0, 0.05) is 17.0 Å². The van der Waals surface area contributed by atoms with Crippen molar-refractivity contribution in [1.29, 1.82) is 0 Å². The van der Waals surface area contributed by atoms with Gasteiger partial charge in [0.05, 0.1) is 13.2 Å². The van der Waals surface area contributed by atoms with Crippen molar-refractivity contribution in [1.82, 2.24) is 0 Å². The summed E-state index contributed by atoms with van der Waals surface area (Å²) in [5.41, 5.74) is 0.705. The molecule has 0 aliphatic carbocycles. The predicted octanol–water partition coefficient (Wildman–Crippen LogP) is 4.62. The third-order valence-corrected chi connectivity index (χ3v) is 3.23. The van der Waals surface area contributed by atoms with Crippen LogP contribution in [-0.2, 0) is 0 Å². The molecule has 3 heteroatoms. The highest BCUT2D eigenvalue weighted by molar-refractivity contribution is 6.00. The number of ketones is 1. The molecule has 112 valence electrons. The second-order valence-electron chi connectivity index (χ2n) is 5.11. The van der Waals surface area contributed by atoms with Crippen LogP contribution in [0.1, 0.15) is 44.0 Å². The molecule has 2 rings (SSSR count). The van der Waals surface area contributed by atoms with Gasteiger partial charge in [-0.1, -0.05) is 19.9 Å². The van der Waals surface area contributed by atoms with E-state index >= 15 is 0 Å². The number of benzene rings is 2. The van der Waals surface area contributed by atoms with E-state index in [0.717, 1.165) is 35.1 Å². The molecular formula is C18H22O3. The van der Waals surface area contributed by atoms with Gasteiger partial charge >= 0.3 is 0 Å². The largest absolute Gasteiger partial charge is 0.493 e. The van der Waals surface area contributed by atoms with Crippen LogP contribution >= 0.6 is 0 Å². The zero-order valence-corrected chi connectivity index (χ0v) is 12.9. The van der Waals surface area contributed by atoms with Gasteiger partial charge in [-0.15, -0.1) is 0 Å². The van der Waals surface area contributed by atoms with Crippen molar-refractivity contribution < 1.29 is 14.3 Å². The van der Waals surface area contributed by atoms with E-state index in [1.807, 2.05) is 30.3 Å². The quantitative estimate of drug-likeness (QED) is 0.697. The first kappa shape index (κ1) is 15.4. The lowest BCUT2D eigenvalue weighted by Crippen LogP contribution is -2.00. The minimum absolute atomic E-state index is 0.0628. The highest BCUT2D eigenvalue weighted by Crippen LogP contribution is 2.32. The van der Waals surface area contributed by atoms with E-state index in [9.17, 15) is 4.79 Å². The number of hydrogen-bond acceptors (Lipinski definition) is 3. The summed E-state index contributed by atoms with van der Waals surface area (Å²) >= 11 is 0. The molecule has 0 N–H and O–H groups in total. The molecule has 0 radical (unpaired) electrons. The number of fused-ring (bicyclic) bond motifs is 1. The fraction of sp³-hybridized carbons (Fsp3) is 0.389. The van der Waals surface area contributed by atoms with Crippen LogP contribution in [0.4, 0.5) is 0 Å². The van der Waals surface area contributed by atoms with E-state index in [0.29, 0.717) is 18.8 Å². The van der Waals surface area contributed by atoms with Gasteiger partial charge in [-0.3, -0.25) is 4.79 Å². The third-order valence-electron chi connectivity index (χ3n) is 3.23. The molecule has 21 heavy (non-hydrogen) atoms. The van der Waals surface area contributed by atoms with Crippen LogP contribution in [0.5, 0.6) is 11.5 Å². The molecular weight excluding hydrogens is 264 g/mol. The van der Waals surface area contributed by atoms with E-state index < -0.39 is 0 Å². The smallest absolute Gasteiger partial charge is 0.159 e. The molecule has 0 amide bonds. The Bertz CT molecular complexity index is 632. The SMILES string of the molecule is CCCOc1cc(OCCC)c2ccc(C(C)=O)cc2c1. The lowest BCUT2D eigenvalue weighted by Gasteiger charge is -2.13. The zero-order valence-electron chi connectivity index (χ0n) is 12.9. The van der Waals surface area contributed by atoms with E-state index in [1.54, 1.807) is 6.92 Å². The number of ether oxygens (including phenoxy) is 2. The summed E-state index contributed by atoms with van der Waals surface area (Å²) in [5, 5.41) is 1.99. The molecule has 0 heterocycles. The van der Waals surface area contributed by atoms with E-state index in [-0.39, 0.29) is 5.78 Å². The first-order valence-corrected chi connectivity index (χ1v) is 7.50. The van der Waals surface area contributed by atoms with E-state index in [2.05, 4.69) is 13.8 Å². The minimum Gasteiger partial charge on any atom is -0.493 e. The van der Waals surface area contributed by atoms with Crippen molar-refractivity contribution in [2.75, 3.05) is 13.2 Å². The fourth-order valence-corrected chi connectivity index (χ4v) is 2.16. The first-order valence-electron chi connectivity index (χ1n) is 7.50. The van der Waals surface area contributed by atoms with Gasteiger partial charge in [-0.2, -0.15) is 0 Å². The highest BCUT2D eigenvalue weighted by atomic mass is 16.5. The average Bonchev–Trinajstić information content (AvgIpc) is 2.49. The normalized spacial score (nSPS) is 10.6. The molecule has 0 fully saturated rings. The van der Waals surface area contributed by atoms with Crippen LogP contribution in [0.3, 0.4) is 0 Å². The van der Waals surface area contributed by atoms with Crippen LogP contribution in [0.25, 0.3) is 10.8 Å². The Morgan fingerprint density at radius 2 is 1.71 bits per heavy atom. The zero-order chi connectivity index (χ0) is 15.2. The number of hydrogen-bond donors (Lipinski definition) is 0. The lowest BCUT2D eigenvalue weighted by molar-refractivity contribution is 0.101. The molecule has 0 aliphatic heterocycles. The molecule has 0 aromatic heterocycles. The Morgan fingerprint density at radius 3 is 2.38 bits per heavy atom. The molecule has 0 atom stereocenters. The Kier molecular flexibility index (Phi) is 5.20.